The molecule has 14 nitrogen and oxygen atoms in total. The average Bonchev–Trinajstić information content (AvgIpc) is 3.57. The second-order valence-corrected chi connectivity index (χ2v) is 18.0. The van der Waals surface area contributed by atoms with Crippen LogP contribution in [-0.2, 0) is 29.5 Å². The maximum atomic E-state index is 14.0. The number of amides is 1. The number of carbonyl (C=O) groups excluding carboxylic acids is 2. The fraction of sp³-hybridized carbons (Fsp3) is 0.278. The van der Waals surface area contributed by atoms with Crippen LogP contribution in [0.1, 0.15) is 31.1 Å². The highest BCUT2D eigenvalue weighted by Gasteiger charge is 2.39. The topological polar surface area (TPSA) is 183 Å². The smallest absolute Gasteiger partial charge is 0.408 e. The van der Waals surface area contributed by atoms with Crippen LogP contribution in [0.15, 0.2) is 128 Å². The van der Waals surface area contributed by atoms with Crippen LogP contribution >= 0.6 is 15.9 Å². The highest BCUT2D eigenvalue weighted by atomic mass is 79.9. The lowest BCUT2D eigenvalue weighted by molar-refractivity contribution is -0.384. The van der Waals surface area contributed by atoms with Crippen LogP contribution < -0.4 is 5.32 Å². The number of halogens is 1. The average molecular weight is 830 g/mol. The molecular formula is C36H37BrN4O10S2. The number of non-ortho nitro benzene ring substituents is 1. The van der Waals surface area contributed by atoms with Crippen LogP contribution in [0, 0.1) is 10.1 Å². The van der Waals surface area contributed by atoms with Gasteiger partial charge in [0, 0.05) is 42.8 Å². The van der Waals surface area contributed by atoms with Gasteiger partial charge in [-0.25, -0.2) is 26.4 Å². The highest BCUT2D eigenvalue weighted by molar-refractivity contribution is 9.10. The second kappa shape index (κ2) is 15.7. The zero-order valence-corrected chi connectivity index (χ0v) is 32.2. The summed E-state index contributed by atoms with van der Waals surface area (Å²) < 4.78 is 69.9. The van der Waals surface area contributed by atoms with E-state index in [4.69, 9.17) is 9.47 Å². The lowest BCUT2D eigenvalue weighted by atomic mass is 9.94. The van der Waals surface area contributed by atoms with Gasteiger partial charge in [-0.2, -0.15) is 8.61 Å². The van der Waals surface area contributed by atoms with Crippen molar-refractivity contribution in [2.24, 2.45) is 0 Å². The first kappa shape index (κ1) is 39.5. The van der Waals surface area contributed by atoms with Crippen molar-refractivity contribution in [2.75, 3.05) is 32.8 Å². The summed E-state index contributed by atoms with van der Waals surface area (Å²) in [6, 6.07) is 17.8. The Labute approximate surface area is 316 Å². The molecule has 0 spiro atoms. The molecule has 0 fully saturated rings. The van der Waals surface area contributed by atoms with E-state index in [1.165, 1.54) is 16.4 Å². The quantitative estimate of drug-likeness (QED) is 0.145. The van der Waals surface area contributed by atoms with Gasteiger partial charge in [-0.15, -0.1) is 0 Å². The summed E-state index contributed by atoms with van der Waals surface area (Å²) in [7, 11) is -8.42. The Balaban J connectivity index is 1.54. The summed E-state index contributed by atoms with van der Waals surface area (Å²) in [6.45, 7) is 7.99. The number of carbonyl (C=O) groups is 2. The van der Waals surface area contributed by atoms with E-state index in [0.29, 0.717) is 26.8 Å². The van der Waals surface area contributed by atoms with Crippen LogP contribution in [0.4, 0.5) is 10.5 Å². The Hall–Kier alpha value is -4.68. The van der Waals surface area contributed by atoms with Crippen molar-refractivity contribution in [1.29, 1.82) is 0 Å². The normalized spacial score (nSPS) is 17.2. The van der Waals surface area contributed by atoms with E-state index >= 15 is 0 Å². The number of nitro groups is 1. The monoisotopic (exact) mass is 828 g/mol. The van der Waals surface area contributed by atoms with Crippen molar-refractivity contribution in [3.8, 4) is 0 Å². The third-order valence-electron chi connectivity index (χ3n) is 8.22. The van der Waals surface area contributed by atoms with Crippen LogP contribution in [0.25, 0.3) is 0 Å². The number of nitrogens with zero attached hydrogens (tertiary/aromatic N) is 3. The predicted molar refractivity (Wildman–Crippen MR) is 199 cm³/mol. The van der Waals surface area contributed by atoms with Gasteiger partial charge >= 0.3 is 12.1 Å². The van der Waals surface area contributed by atoms with Crippen molar-refractivity contribution in [1.82, 2.24) is 13.9 Å². The third kappa shape index (κ3) is 9.47. The Bertz CT molecular complexity index is 2200. The Morgan fingerprint density at radius 1 is 0.906 bits per heavy atom. The molecule has 5 rings (SSSR count). The van der Waals surface area contributed by atoms with E-state index in [2.05, 4.69) is 27.8 Å². The first-order chi connectivity index (χ1) is 24.8. The van der Waals surface area contributed by atoms with Crippen LogP contribution in [0.3, 0.4) is 0 Å². The molecule has 3 aromatic carbocycles. The maximum Gasteiger partial charge on any atom is 0.408 e. The molecule has 1 amide bonds. The summed E-state index contributed by atoms with van der Waals surface area (Å²) in [4.78, 5) is 36.1. The molecule has 0 aliphatic carbocycles. The molecule has 0 aromatic heterocycles. The van der Waals surface area contributed by atoms with Gasteiger partial charge in [0.1, 0.15) is 12.2 Å². The number of sulfonamides is 2. The molecule has 53 heavy (non-hydrogen) atoms. The fourth-order valence-corrected chi connectivity index (χ4v) is 8.76. The molecular weight excluding hydrogens is 792 g/mol. The molecule has 0 radical (unpaired) electrons. The fourth-order valence-electron chi connectivity index (χ4n) is 5.68. The summed E-state index contributed by atoms with van der Waals surface area (Å²) in [5, 5.41) is 13.9. The van der Waals surface area contributed by atoms with Gasteiger partial charge in [-0.05, 0) is 91.6 Å². The minimum Gasteiger partial charge on any atom is -0.457 e. The van der Waals surface area contributed by atoms with E-state index in [1.54, 1.807) is 69.3 Å². The van der Waals surface area contributed by atoms with Gasteiger partial charge in [-0.3, -0.25) is 10.1 Å². The molecule has 1 atom stereocenters. The van der Waals surface area contributed by atoms with Gasteiger partial charge < -0.3 is 14.8 Å². The van der Waals surface area contributed by atoms with E-state index in [1.807, 2.05) is 0 Å². The lowest BCUT2D eigenvalue weighted by Gasteiger charge is -2.33. The summed E-state index contributed by atoms with van der Waals surface area (Å²) >= 11 is 3.32. The number of hydrogen-bond acceptors (Lipinski definition) is 10. The lowest BCUT2D eigenvalue weighted by Crippen LogP contribution is -2.49. The number of nitro benzene ring substituents is 1. The number of ether oxygens (including phenoxy) is 2. The molecule has 0 saturated carbocycles. The molecule has 3 aromatic rings. The summed E-state index contributed by atoms with van der Waals surface area (Å²) in [5.41, 5.74) is 0.598. The van der Waals surface area contributed by atoms with E-state index < -0.39 is 48.7 Å². The number of nitrogens with one attached hydrogen (secondary N) is 1. The summed E-state index contributed by atoms with van der Waals surface area (Å²) in [6.07, 6.45) is 0.824. The van der Waals surface area contributed by atoms with Gasteiger partial charge in [0.05, 0.1) is 26.3 Å². The van der Waals surface area contributed by atoms with Gasteiger partial charge in [0.15, 0.2) is 0 Å². The summed E-state index contributed by atoms with van der Waals surface area (Å²) in [5.74, 6) is -0.620. The Kier molecular flexibility index (Phi) is 11.7. The number of benzene rings is 3. The standard InChI is InChI=1S/C36H37BrN4O10S2/c1-24(23-50-34(42)25-8-6-5-7-9-25)32-21-40(53(48,49)30-14-10-27(37)11-15-30)22-33(32)26-18-28(38-35(43)51-36(2,3)4)20-39(19-26)52(46,47)31-16-12-29(13-17-31)41(44)45/h5-18,28H,1,19-23H2,2-4H3,(H,38,43)/t28-/m0/s1. The number of hydrogen-bond donors (Lipinski definition) is 1. The van der Waals surface area contributed by atoms with Crippen molar-refractivity contribution < 1.29 is 40.8 Å². The van der Waals surface area contributed by atoms with Crippen molar-refractivity contribution in [3.63, 3.8) is 0 Å². The zero-order chi connectivity index (χ0) is 38.7. The molecule has 2 aliphatic heterocycles. The third-order valence-corrected chi connectivity index (χ3v) is 12.4. The maximum absolute atomic E-state index is 14.0. The highest BCUT2D eigenvalue weighted by Crippen LogP contribution is 2.35. The first-order valence-electron chi connectivity index (χ1n) is 16.2. The molecule has 2 aliphatic rings. The van der Waals surface area contributed by atoms with Crippen molar-refractivity contribution in [3.05, 3.63) is 134 Å². The molecule has 2 heterocycles. The molecule has 280 valence electrons. The largest absolute Gasteiger partial charge is 0.457 e. The van der Waals surface area contributed by atoms with Gasteiger partial charge in [0.2, 0.25) is 20.0 Å². The van der Waals surface area contributed by atoms with E-state index in [-0.39, 0.29) is 53.8 Å². The van der Waals surface area contributed by atoms with Crippen LogP contribution in [-0.4, -0.2) is 86.9 Å². The molecule has 0 unspecified atom stereocenters. The van der Waals surface area contributed by atoms with Gasteiger partial charge in [-0.1, -0.05) is 46.8 Å². The van der Waals surface area contributed by atoms with Crippen LogP contribution in [0.2, 0.25) is 0 Å². The zero-order valence-electron chi connectivity index (χ0n) is 29.0. The van der Waals surface area contributed by atoms with Gasteiger partial charge in [0.25, 0.3) is 5.69 Å². The Morgan fingerprint density at radius 3 is 2.08 bits per heavy atom. The van der Waals surface area contributed by atoms with Crippen molar-refractivity contribution in [2.45, 2.75) is 42.2 Å². The predicted octanol–water partition coefficient (Wildman–Crippen LogP) is 5.60. The van der Waals surface area contributed by atoms with E-state index in [9.17, 15) is 36.5 Å². The molecule has 0 bridgehead atoms. The second-order valence-electron chi connectivity index (χ2n) is 13.2. The molecule has 17 heteroatoms. The minimum absolute atomic E-state index is 0.0203. The van der Waals surface area contributed by atoms with Crippen molar-refractivity contribution >= 4 is 53.7 Å². The first-order valence-corrected chi connectivity index (χ1v) is 19.9. The number of esters is 1. The number of alkyl carbamates (subject to hydrolysis) is 1. The molecule has 1 N–H and O–H groups in total. The van der Waals surface area contributed by atoms with Crippen LogP contribution in [0.5, 0.6) is 0 Å². The SMILES string of the molecule is C=C(COC(=O)c1ccccc1)C1=C(C2=C[C@H](NC(=O)OC(C)(C)C)CN(S(=O)(=O)c3ccc([N+](=O)[O-])cc3)C2)CN(S(=O)(=O)c2ccc(Br)cc2)C1. The van der Waals surface area contributed by atoms with E-state index in [0.717, 1.165) is 28.6 Å². The minimum atomic E-state index is -4.32. The number of rotatable bonds is 11. The Morgan fingerprint density at radius 2 is 1.49 bits per heavy atom. The molecule has 0 saturated heterocycles.